The van der Waals surface area contributed by atoms with Crippen molar-refractivity contribution < 1.29 is 4.74 Å². The molecule has 0 unspecified atom stereocenters. The average Bonchev–Trinajstić information content (AvgIpc) is 2.74. The van der Waals surface area contributed by atoms with Crippen molar-refractivity contribution in [2.45, 2.75) is 39.5 Å². The first kappa shape index (κ1) is 19.7. The molecule has 0 amide bonds. The molecule has 0 spiro atoms. The lowest BCUT2D eigenvalue weighted by atomic mass is 9.96. The van der Waals surface area contributed by atoms with E-state index in [2.05, 4.69) is 47.2 Å². The first-order chi connectivity index (χ1) is 13.7. The number of hydrogen-bond acceptors (Lipinski definition) is 4. The highest BCUT2D eigenvalue weighted by Crippen LogP contribution is 2.27. The predicted molar refractivity (Wildman–Crippen MR) is 115 cm³/mol. The number of nitrogens with zero attached hydrogens (tertiary/aromatic N) is 2. The van der Waals surface area contributed by atoms with Gasteiger partial charge in [0.05, 0.1) is 12.8 Å². The molecule has 3 aromatic rings. The van der Waals surface area contributed by atoms with Crippen LogP contribution in [-0.4, -0.2) is 23.3 Å². The van der Waals surface area contributed by atoms with Crippen molar-refractivity contribution in [2.75, 3.05) is 7.11 Å². The Morgan fingerprint density at radius 2 is 1.79 bits per heavy atom. The van der Waals surface area contributed by atoms with Crippen molar-refractivity contribution in [3.8, 4) is 17.0 Å². The molecule has 144 valence electrons. The molecule has 1 aromatic heterocycles. The summed E-state index contributed by atoms with van der Waals surface area (Å²) in [6.07, 6.45) is 5.32. The number of unbranched alkanes of at least 4 members (excludes halogenated alkanes) is 1. The minimum atomic E-state index is 0.678. The fourth-order valence-corrected chi connectivity index (χ4v) is 3.42. The first-order valence-corrected chi connectivity index (χ1v) is 9.75. The van der Waals surface area contributed by atoms with Crippen LogP contribution in [0.5, 0.6) is 5.88 Å². The van der Waals surface area contributed by atoms with Gasteiger partial charge in [-0.05, 0) is 42.0 Å². The van der Waals surface area contributed by atoms with Crippen LogP contribution in [0.25, 0.3) is 11.1 Å². The Bertz CT molecular complexity index is 949. The summed E-state index contributed by atoms with van der Waals surface area (Å²) in [5.74, 6) is 1.43. The van der Waals surface area contributed by atoms with Gasteiger partial charge in [-0.3, -0.25) is 0 Å². The van der Waals surface area contributed by atoms with Crippen LogP contribution in [0.4, 0.5) is 0 Å². The van der Waals surface area contributed by atoms with E-state index in [1.54, 1.807) is 7.11 Å². The van der Waals surface area contributed by atoms with Gasteiger partial charge in [-0.1, -0.05) is 61.9 Å². The van der Waals surface area contributed by atoms with E-state index < -0.39 is 0 Å². The summed E-state index contributed by atoms with van der Waals surface area (Å²) in [7, 11) is 1.67. The third-order valence-corrected chi connectivity index (χ3v) is 4.89. The third kappa shape index (κ3) is 4.45. The lowest BCUT2D eigenvalue weighted by Crippen LogP contribution is -2.07. The van der Waals surface area contributed by atoms with E-state index in [0.29, 0.717) is 5.88 Å². The molecule has 0 fully saturated rings. The monoisotopic (exact) mass is 373 g/mol. The van der Waals surface area contributed by atoms with Crippen molar-refractivity contribution >= 4 is 6.21 Å². The molecule has 0 aliphatic carbocycles. The Morgan fingerprint density at radius 1 is 1.04 bits per heavy atom. The van der Waals surface area contributed by atoms with E-state index in [0.717, 1.165) is 59.5 Å². The van der Waals surface area contributed by atoms with Crippen molar-refractivity contribution in [1.29, 1.82) is 5.41 Å². The lowest BCUT2D eigenvalue weighted by Gasteiger charge is -2.14. The van der Waals surface area contributed by atoms with Gasteiger partial charge in [-0.2, -0.15) is 4.98 Å². The predicted octanol–water partition coefficient (Wildman–Crippen LogP) is 5.39. The Labute approximate surface area is 167 Å². The number of benzene rings is 2. The Morgan fingerprint density at radius 3 is 2.46 bits per heavy atom. The molecule has 0 aliphatic rings. The van der Waals surface area contributed by atoms with Gasteiger partial charge < -0.3 is 10.1 Å². The number of aromatic nitrogens is 2. The fourth-order valence-electron chi connectivity index (χ4n) is 3.42. The molecular formula is C24H27N3O. The summed E-state index contributed by atoms with van der Waals surface area (Å²) in [4.78, 5) is 9.17. The number of nitrogens with one attached hydrogen (secondary N) is 1. The molecule has 0 atom stereocenters. The summed E-state index contributed by atoms with van der Waals surface area (Å²) in [6, 6.07) is 16.5. The standard InChI is InChI=1S/C24H27N3O/c1-4-5-10-23-22(24(28-3)27-17(2)26-23)15-18-11-13-19(14-12-18)21-9-7-6-8-20(21)16-25/h6-9,11-14,16,25H,4-5,10,15H2,1-3H3. The maximum atomic E-state index is 7.61. The van der Waals surface area contributed by atoms with E-state index in [1.807, 2.05) is 25.1 Å². The van der Waals surface area contributed by atoms with Gasteiger partial charge >= 0.3 is 0 Å². The van der Waals surface area contributed by atoms with Crippen LogP contribution in [0.1, 0.15) is 48.0 Å². The molecule has 3 rings (SSSR count). The van der Waals surface area contributed by atoms with Gasteiger partial charge in [-0.15, -0.1) is 0 Å². The number of methoxy groups -OCH3 is 1. The summed E-state index contributed by atoms with van der Waals surface area (Å²) in [5.41, 5.74) is 6.47. The first-order valence-electron chi connectivity index (χ1n) is 9.75. The molecule has 0 radical (unpaired) electrons. The van der Waals surface area contributed by atoms with Crippen molar-refractivity contribution in [3.05, 3.63) is 76.7 Å². The maximum Gasteiger partial charge on any atom is 0.220 e. The highest BCUT2D eigenvalue weighted by atomic mass is 16.5. The van der Waals surface area contributed by atoms with Gasteiger partial charge in [0, 0.05) is 18.2 Å². The van der Waals surface area contributed by atoms with E-state index in [-0.39, 0.29) is 0 Å². The van der Waals surface area contributed by atoms with Gasteiger partial charge in [0.15, 0.2) is 0 Å². The summed E-state index contributed by atoms with van der Waals surface area (Å²) in [5, 5.41) is 7.61. The molecule has 4 heteroatoms. The average molecular weight is 374 g/mol. The Kier molecular flexibility index (Phi) is 6.53. The normalized spacial score (nSPS) is 10.7. The number of aryl methyl sites for hydroxylation is 2. The highest BCUT2D eigenvalue weighted by molar-refractivity contribution is 5.88. The largest absolute Gasteiger partial charge is 0.481 e. The quantitative estimate of drug-likeness (QED) is 0.538. The highest BCUT2D eigenvalue weighted by Gasteiger charge is 2.14. The summed E-state index contributed by atoms with van der Waals surface area (Å²) in [6.45, 7) is 4.10. The van der Waals surface area contributed by atoms with Crippen molar-refractivity contribution in [3.63, 3.8) is 0 Å². The number of rotatable bonds is 8. The second-order valence-corrected chi connectivity index (χ2v) is 6.91. The molecule has 1 N–H and O–H groups in total. The molecular weight excluding hydrogens is 346 g/mol. The van der Waals surface area contributed by atoms with Crippen LogP contribution in [0, 0.1) is 12.3 Å². The van der Waals surface area contributed by atoms with Gasteiger partial charge in [-0.25, -0.2) is 4.98 Å². The van der Waals surface area contributed by atoms with Crippen LogP contribution in [0.2, 0.25) is 0 Å². The molecule has 1 heterocycles. The molecule has 2 aromatic carbocycles. The maximum absolute atomic E-state index is 7.61. The zero-order valence-corrected chi connectivity index (χ0v) is 16.8. The SMILES string of the molecule is CCCCc1nc(C)nc(OC)c1Cc1ccc(-c2ccccc2C=N)cc1. The number of hydrogen-bond donors (Lipinski definition) is 1. The topological polar surface area (TPSA) is 58.9 Å². The third-order valence-electron chi connectivity index (χ3n) is 4.89. The minimum absolute atomic E-state index is 0.678. The minimum Gasteiger partial charge on any atom is -0.481 e. The van der Waals surface area contributed by atoms with Gasteiger partial charge in [0.1, 0.15) is 5.82 Å². The molecule has 4 nitrogen and oxygen atoms in total. The van der Waals surface area contributed by atoms with Crippen LogP contribution in [0.3, 0.4) is 0 Å². The van der Waals surface area contributed by atoms with Crippen LogP contribution < -0.4 is 4.74 Å². The fraction of sp³-hybridized carbons (Fsp3) is 0.292. The summed E-state index contributed by atoms with van der Waals surface area (Å²) < 4.78 is 5.57. The molecule has 28 heavy (non-hydrogen) atoms. The van der Waals surface area contributed by atoms with E-state index in [9.17, 15) is 0 Å². The smallest absolute Gasteiger partial charge is 0.220 e. The molecule has 0 saturated carbocycles. The molecule has 0 bridgehead atoms. The molecule has 0 aliphatic heterocycles. The Hall–Kier alpha value is -3.01. The molecule has 0 saturated heterocycles. The van der Waals surface area contributed by atoms with Crippen molar-refractivity contribution in [1.82, 2.24) is 9.97 Å². The van der Waals surface area contributed by atoms with E-state index in [4.69, 9.17) is 10.1 Å². The van der Waals surface area contributed by atoms with Crippen LogP contribution in [0.15, 0.2) is 48.5 Å². The van der Waals surface area contributed by atoms with Gasteiger partial charge in [0.2, 0.25) is 5.88 Å². The van der Waals surface area contributed by atoms with Crippen LogP contribution >= 0.6 is 0 Å². The van der Waals surface area contributed by atoms with Crippen LogP contribution in [-0.2, 0) is 12.8 Å². The van der Waals surface area contributed by atoms with Gasteiger partial charge in [0.25, 0.3) is 0 Å². The zero-order valence-electron chi connectivity index (χ0n) is 16.8. The Balaban J connectivity index is 1.91. The second kappa shape index (κ2) is 9.27. The van der Waals surface area contributed by atoms with E-state index >= 15 is 0 Å². The number of ether oxygens (including phenoxy) is 1. The van der Waals surface area contributed by atoms with Crippen molar-refractivity contribution in [2.24, 2.45) is 0 Å². The van der Waals surface area contributed by atoms with E-state index in [1.165, 1.54) is 11.8 Å². The second-order valence-electron chi connectivity index (χ2n) is 6.91. The zero-order chi connectivity index (χ0) is 19.9. The lowest BCUT2D eigenvalue weighted by molar-refractivity contribution is 0.389. The summed E-state index contributed by atoms with van der Waals surface area (Å²) >= 11 is 0.